The molecule has 2 amide bonds. The molecule has 1 fully saturated rings. The molecule has 1 N–H and O–H groups in total. The third kappa shape index (κ3) is 5.94. The third-order valence-electron chi connectivity index (χ3n) is 6.04. The van der Waals surface area contributed by atoms with Crippen LogP contribution in [0.4, 0.5) is 0 Å². The molecule has 2 aromatic rings. The van der Waals surface area contributed by atoms with Crippen LogP contribution in [0.2, 0.25) is 0 Å². The molecule has 1 aliphatic rings. The van der Waals surface area contributed by atoms with Crippen molar-refractivity contribution in [3.63, 3.8) is 0 Å². The Morgan fingerprint density at radius 2 is 1.80 bits per heavy atom. The van der Waals surface area contributed by atoms with E-state index >= 15 is 0 Å². The maximum atomic E-state index is 13.3. The number of aryl methyl sites for hydroxylation is 2. The van der Waals surface area contributed by atoms with E-state index in [4.69, 9.17) is 0 Å². The van der Waals surface area contributed by atoms with Gasteiger partial charge in [-0.05, 0) is 68.0 Å². The summed E-state index contributed by atoms with van der Waals surface area (Å²) >= 11 is 3.50. The van der Waals surface area contributed by atoms with Gasteiger partial charge in [-0.15, -0.1) is 0 Å². The number of benzene rings is 2. The van der Waals surface area contributed by atoms with Gasteiger partial charge in [-0.25, -0.2) is 0 Å². The normalized spacial score (nSPS) is 15.1. The van der Waals surface area contributed by atoms with Gasteiger partial charge in [-0.1, -0.05) is 59.1 Å². The van der Waals surface area contributed by atoms with Crippen LogP contribution in [0.5, 0.6) is 0 Å². The van der Waals surface area contributed by atoms with E-state index < -0.39 is 6.04 Å². The van der Waals surface area contributed by atoms with Crippen LogP contribution in [0.1, 0.15) is 54.9 Å². The van der Waals surface area contributed by atoms with Gasteiger partial charge in [0.25, 0.3) is 0 Å². The second-order valence-corrected chi connectivity index (χ2v) is 9.33. The Bertz CT molecular complexity index is 906. The largest absolute Gasteiger partial charge is 0.352 e. The number of halogens is 1. The van der Waals surface area contributed by atoms with E-state index in [0.717, 1.165) is 41.3 Å². The highest BCUT2D eigenvalue weighted by atomic mass is 79.9. The minimum atomic E-state index is -0.524. The van der Waals surface area contributed by atoms with Crippen LogP contribution in [-0.2, 0) is 22.6 Å². The highest BCUT2D eigenvalue weighted by Gasteiger charge is 2.28. The lowest BCUT2D eigenvalue weighted by Gasteiger charge is -2.30. The van der Waals surface area contributed by atoms with Gasteiger partial charge < -0.3 is 10.2 Å². The van der Waals surface area contributed by atoms with Gasteiger partial charge >= 0.3 is 0 Å². The van der Waals surface area contributed by atoms with Crippen molar-refractivity contribution in [1.29, 1.82) is 0 Å². The summed E-state index contributed by atoms with van der Waals surface area (Å²) in [7, 11) is 0. The summed E-state index contributed by atoms with van der Waals surface area (Å²) in [6, 6.07) is 13.7. The maximum absolute atomic E-state index is 13.3. The summed E-state index contributed by atoms with van der Waals surface area (Å²) in [5.74, 6) is -0.0994. The standard InChI is InChI=1S/C25H31BrN2O2/c1-17-11-12-20(13-18(17)2)15-24(29)28(16-21-7-6-8-22(26)14-21)19(3)25(30)27-23-9-4-5-10-23/h6-8,11-14,19,23H,4-5,9-10,15-16H2,1-3H3,(H,27,30). The molecule has 1 unspecified atom stereocenters. The first-order valence-electron chi connectivity index (χ1n) is 10.7. The summed E-state index contributed by atoms with van der Waals surface area (Å²) in [4.78, 5) is 28.0. The third-order valence-corrected chi connectivity index (χ3v) is 6.53. The van der Waals surface area contributed by atoms with E-state index in [1.807, 2.05) is 43.3 Å². The number of hydrogen-bond donors (Lipinski definition) is 1. The molecule has 30 heavy (non-hydrogen) atoms. The van der Waals surface area contributed by atoms with Gasteiger partial charge in [-0.2, -0.15) is 0 Å². The Balaban J connectivity index is 1.78. The number of amides is 2. The first kappa shape index (κ1) is 22.5. The summed E-state index contributed by atoms with van der Waals surface area (Å²) in [6.07, 6.45) is 4.66. The van der Waals surface area contributed by atoms with Crippen molar-refractivity contribution in [2.45, 2.75) is 71.5 Å². The molecule has 0 aromatic heterocycles. The van der Waals surface area contributed by atoms with E-state index in [2.05, 4.69) is 41.2 Å². The van der Waals surface area contributed by atoms with Crippen molar-refractivity contribution in [1.82, 2.24) is 10.2 Å². The first-order valence-corrected chi connectivity index (χ1v) is 11.5. The summed E-state index contributed by atoms with van der Waals surface area (Å²) < 4.78 is 0.963. The van der Waals surface area contributed by atoms with Crippen LogP contribution in [0.25, 0.3) is 0 Å². The Morgan fingerprint density at radius 3 is 2.47 bits per heavy atom. The molecule has 4 nitrogen and oxygen atoms in total. The topological polar surface area (TPSA) is 49.4 Å². The zero-order valence-electron chi connectivity index (χ0n) is 18.1. The van der Waals surface area contributed by atoms with Crippen LogP contribution >= 0.6 is 15.9 Å². The molecular weight excluding hydrogens is 440 g/mol. The number of carbonyl (C=O) groups is 2. The monoisotopic (exact) mass is 470 g/mol. The second kappa shape index (κ2) is 10.3. The fraction of sp³-hybridized carbons (Fsp3) is 0.440. The average Bonchev–Trinajstić information content (AvgIpc) is 3.21. The van der Waals surface area contributed by atoms with Crippen LogP contribution in [0, 0.1) is 13.8 Å². The number of rotatable bonds is 7. The van der Waals surface area contributed by atoms with E-state index in [0.29, 0.717) is 6.54 Å². The zero-order valence-corrected chi connectivity index (χ0v) is 19.7. The summed E-state index contributed by atoms with van der Waals surface area (Å²) in [6.45, 7) is 6.36. The van der Waals surface area contributed by atoms with Gasteiger partial charge in [0, 0.05) is 17.1 Å². The smallest absolute Gasteiger partial charge is 0.242 e. The molecular formula is C25H31BrN2O2. The predicted molar refractivity (Wildman–Crippen MR) is 124 cm³/mol. The molecule has 160 valence electrons. The van der Waals surface area contributed by atoms with E-state index in [1.165, 1.54) is 11.1 Å². The lowest BCUT2D eigenvalue weighted by Crippen LogP contribution is -2.50. The van der Waals surface area contributed by atoms with Crippen molar-refractivity contribution in [3.8, 4) is 0 Å². The molecule has 1 aliphatic carbocycles. The zero-order chi connectivity index (χ0) is 21.7. The van der Waals surface area contributed by atoms with Crippen molar-refractivity contribution in [2.24, 2.45) is 0 Å². The molecule has 0 radical (unpaired) electrons. The highest BCUT2D eigenvalue weighted by molar-refractivity contribution is 9.10. The average molecular weight is 471 g/mol. The van der Waals surface area contributed by atoms with Gasteiger partial charge in [-0.3, -0.25) is 9.59 Å². The lowest BCUT2D eigenvalue weighted by atomic mass is 10.0. The fourth-order valence-electron chi connectivity index (χ4n) is 4.00. The second-order valence-electron chi connectivity index (χ2n) is 8.41. The Morgan fingerprint density at radius 1 is 1.07 bits per heavy atom. The molecule has 0 bridgehead atoms. The number of nitrogens with one attached hydrogen (secondary N) is 1. The van der Waals surface area contributed by atoms with Crippen molar-refractivity contribution in [3.05, 3.63) is 69.2 Å². The summed E-state index contributed by atoms with van der Waals surface area (Å²) in [5.41, 5.74) is 4.36. The molecule has 0 spiro atoms. The predicted octanol–water partition coefficient (Wildman–Crippen LogP) is 5.08. The molecule has 3 rings (SSSR count). The molecule has 0 saturated heterocycles. The summed E-state index contributed by atoms with van der Waals surface area (Å²) in [5, 5.41) is 3.15. The number of hydrogen-bond acceptors (Lipinski definition) is 2. The van der Waals surface area contributed by atoms with Crippen molar-refractivity contribution < 1.29 is 9.59 Å². The fourth-order valence-corrected chi connectivity index (χ4v) is 4.44. The molecule has 0 aliphatic heterocycles. The van der Waals surface area contributed by atoms with E-state index in [9.17, 15) is 9.59 Å². The van der Waals surface area contributed by atoms with Crippen LogP contribution in [-0.4, -0.2) is 28.8 Å². The minimum absolute atomic E-state index is 0.0349. The van der Waals surface area contributed by atoms with Gasteiger partial charge in [0.05, 0.1) is 6.42 Å². The first-order chi connectivity index (χ1) is 14.3. The highest BCUT2D eigenvalue weighted by Crippen LogP contribution is 2.20. The maximum Gasteiger partial charge on any atom is 0.242 e. The van der Waals surface area contributed by atoms with Crippen LogP contribution < -0.4 is 5.32 Å². The van der Waals surface area contributed by atoms with Crippen LogP contribution in [0.15, 0.2) is 46.9 Å². The molecule has 1 atom stereocenters. The molecule has 0 heterocycles. The lowest BCUT2D eigenvalue weighted by molar-refractivity contribution is -0.140. The minimum Gasteiger partial charge on any atom is -0.352 e. The quantitative estimate of drug-likeness (QED) is 0.612. The van der Waals surface area contributed by atoms with Crippen LogP contribution in [0.3, 0.4) is 0 Å². The van der Waals surface area contributed by atoms with Crippen molar-refractivity contribution >= 4 is 27.7 Å². The SMILES string of the molecule is Cc1ccc(CC(=O)N(Cc2cccc(Br)c2)C(C)C(=O)NC2CCCC2)cc1C. The van der Waals surface area contributed by atoms with Crippen molar-refractivity contribution in [2.75, 3.05) is 0 Å². The number of carbonyl (C=O) groups excluding carboxylic acids is 2. The number of nitrogens with zero attached hydrogens (tertiary/aromatic N) is 1. The van der Waals surface area contributed by atoms with E-state index in [1.54, 1.807) is 4.90 Å². The molecule has 1 saturated carbocycles. The van der Waals surface area contributed by atoms with E-state index in [-0.39, 0.29) is 24.3 Å². The van der Waals surface area contributed by atoms with Gasteiger partial charge in [0.15, 0.2) is 0 Å². The molecule has 2 aromatic carbocycles. The Hall–Kier alpha value is -2.14. The van der Waals surface area contributed by atoms with Gasteiger partial charge in [0.1, 0.15) is 6.04 Å². The Labute approximate surface area is 188 Å². The molecule has 5 heteroatoms. The van der Waals surface area contributed by atoms with Gasteiger partial charge in [0.2, 0.25) is 11.8 Å². The Kier molecular flexibility index (Phi) is 7.70.